The summed E-state index contributed by atoms with van der Waals surface area (Å²) in [5, 5.41) is 7.54. The summed E-state index contributed by atoms with van der Waals surface area (Å²) in [7, 11) is 3.17. The summed E-state index contributed by atoms with van der Waals surface area (Å²) >= 11 is 0. The molecule has 6 nitrogen and oxygen atoms in total. The third kappa shape index (κ3) is 2.48. The molecule has 0 aliphatic heterocycles. The van der Waals surface area contributed by atoms with E-state index in [0.29, 0.717) is 30.0 Å². The lowest BCUT2D eigenvalue weighted by atomic mass is 10.2. The van der Waals surface area contributed by atoms with Crippen molar-refractivity contribution in [3.05, 3.63) is 35.7 Å². The number of nitrogens with zero attached hydrogens (tertiary/aromatic N) is 3. The molecular weight excluding hydrogens is 234 g/mol. The number of aromatic nitrogens is 3. The standard InChI is InChI=1S/C12H13N3O3/c1-17-11-4-3-9(5-12(11)18-2)6-15-7-10(8-16)13-14-15/h3-5,7-8H,6H2,1-2H3. The number of hydrogen-bond donors (Lipinski definition) is 0. The van der Waals surface area contributed by atoms with Crippen molar-refractivity contribution < 1.29 is 14.3 Å². The van der Waals surface area contributed by atoms with Crippen LogP contribution in [0.1, 0.15) is 16.1 Å². The van der Waals surface area contributed by atoms with E-state index in [0.717, 1.165) is 5.56 Å². The van der Waals surface area contributed by atoms with E-state index in [4.69, 9.17) is 9.47 Å². The zero-order valence-corrected chi connectivity index (χ0v) is 10.2. The Labute approximate surface area is 104 Å². The second-order valence-corrected chi connectivity index (χ2v) is 3.65. The van der Waals surface area contributed by atoms with E-state index in [2.05, 4.69) is 10.3 Å². The molecule has 0 spiro atoms. The van der Waals surface area contributed by atoms with Crippen LogP contribution in [-0.2, 0) is 6.54 Å². The quantitative estimate of drug-likeness (QED) is 0.742. The molecule has 0 amide bonds. The van der Waals surface area contributed by atoms with Crippen LogP contribution in [0.5, 0.6) is 11.5 Å². The fraction of sp³-hybridized carbons (Fsp3) is 0.250. The summed E-state index contributed by atoms with van der Waals surface area (Å²) < 4.78 is 12.0. The molecule has 0 aliphatic rings. The van der Waals surface area contributed by atoms with Crippen molar-refractivity contribution in [2.75, 3.05) is 14.2 Å². The second-order valence-electron chi connectivity index (χ2n) is 3.65. The molecule has 0 saturated carbocycles. The molecule has 0 aliphatic carbocycles. The van der Waals surface area contributed by atoms with Gasteiger partial charge < -0.3 is 9.47 Å². The molecule has 6 heteroatoms. The van der Waals surface area contributed by atoms with Gasteiger partial charge in [0.1, 0.15) is 5.69 Å². The highest BCUT2D eigenvalue weighted by atomic mass is 16.5. The highest BCUT2D eigenvalue weighted by Gasteiger charge is 2.06. The number of carbonyl (C=O) groups excluding carboxylic acids is 1. The molecule has 2 aromatic rings. The van der Waals surface area contributed by atoms with Crippen LogP contribution in [0.2, 0.25) is 0 Å². The average Bonchev–Trinajstić information content (AvgIpc) is 2.86. The summed E-state index contributed by atoms with van der Waals surface area (Å²) in [5.41, 5.74) is 1.30. The van der Waals surface area contributed by atoms with Crippen molar-refractivity contribution in [1.82, 2.24) is 15.0 Å². The maximum absolute atomic E-state index is 10.5. The van der Waals surface area contributed by atoms with Gasteiger partial charge in [-0.05, 0) is 17.7 Å². The van der Waals surface area contributed by atoms with Gasteiger partial charge in [-0.3, -0.25) is 4.79 Å². The molecule has 0 saturated heterocycles. The first kappa shape index (κ1) is 12.1. The fourth-order valence-corrected chi connectivity index (χ4v) is 1.61. The van der Waals surface area contributed by atoms with Crippen LogP contribution in [0.15, 0.2) is 24.4 Å². The van der Waals surface area contributed by atoms with Gasteiger partial charge in [-0.2, -0.15) is 0 Å². The van der Waals surface area contributed by atoms with Gasteiger partial charge in [-0.25, -0.2) is 4.68 Å². The van der Waals surface area contributed by atoms with E-state index in [-0.39, 0.29) is 0 Å². The summed E-state index contributed by atoms with van der Waals surface area (Å²) in [4.78, 5) is 10.5. The minimum absolute atomic E-state index is 0.315. The van der Waals surface area contributed by atoms with Gasteiger partial charge >= 0.3 is 0 Å². The summed E-state index contributed by atoms with van der Waals surface area (Å²) in [6.07, 6.45) is 2.25. The number of rotatable bonds is 5. The van der Waals surface area contributed by atoms with E-state index in [9.17, 15) is 4.79 Å². The molecule has 2 rings (SSSR count). The van der Waals surface area contributed by atoms with Crippen LogP contribution >= 0.6 is 0 Å². The van der Waals surface area contributed by atoms with Crippen molar-refractivity contribution >= 4 is 6.29 Å². The van der Waals surface area contributed by atoms with E-state index < -0.39 is 0 Å². The third-order valence-corrected chi connectivity index (χ3v) is 2.47. The van der Waals surface area contributed by atoms with Crippen molar-refractivity contribution in [1.29, 1.82) is 0 Å². The van der Waals surface area contributed by atoms with Crippen LogP contribution < -0.4 is 9.47 Å². The second kappa shape index (κ2) is 5.31. The van der Waals surface area contributed by atoms with Crippen LogP contribution in [0, 0.1) is 0 Å². The van der Waals surface area contributed by atoms with E-state index in [1.165, 1.54) is 0 Å². The molecule has 0 atom stereocenters. The van der Waals surface area contributed by atoms with Crippen molar-refractivity contribution in [2.24, 2.45) is 0 Å². The maximum atomic E-state index is 10.5. The molecule has 0 bridgehead atoms. The number of benzene rings is 1. The monoisotopic (exact) mass is 247 g/mol. The number of hydrogen-bond acceptors (Lipinski definition) is 5. The molecule has 18 heavy (non-hydrogen) atoms. The number of ether oxygens (including phenoxy) is 2. The predicted octanol–water partition coefficient (Wildman–Crippen LogP) is 1.16. The molecular formula is C12H13N3O3. The van der Waals surface area contributed by atoms with Crippen molar-refractivity contribution in [3.63, 3.8) is 0 Å². The number of aldehydes is 1. The largest absolute Gasteiger partial charge is 0.493 e. The Morgan fingerprint density at radius 1 is 1.28 bits per heavy atom. The van der Waals surface area contributed by atoms with Crippen molar-refractivity contribution in [3.8, 4) is 11.5 Å². The normalized spacial score (nSPS) is 10.1. The minimum Gasteiger partial charge on any atom is -0.493 e. The van der Waals surface area contributed by atoms with Gasteiger partial charge in [0.25, 0.3) is 0 Å². The molecule has 94 valence electrons. The Morgan fingerprint density at radius 2 is 2.06 bits per heavy atom. The topological polar surface area (TPSA) is 66.2 Å². The Hall–Kier alpha value is -2.37. The van der Waals surface area contributed by atoms with Crippen molar-refractivity contribution in [2.45, 2.75) is 6.54 Å². The Morgan fingerprint density at radius 3 is 2.67 bits per heavy atom. The lowest BCUT2D eigenvalue weighted by molar-refractivity contribution is 0.111. The third-order valence-electron chi connectivity index (χ3n) is 2.47. The van der Waals surface area contributed by atoms with Gasteiger partial charge in [0.05, 0.1) is 27.0 Å². The molecule has 0 unspecified atom stereocenters. The molecule has 0 N–H and O–H groups in total. The fourth-order valence-electron chi connectivity index (χ4n) is 1.61. The highest BCUT2D eigenvalue weighted by molar-refractivity contribution is 5.70. The molecule has 0 fully saturated rings. The lowest BCUT2D eigenvalue weighted by Gasteiger charge is -2.09. The Bertz CT molecular complexity index is 551. The van der Waals surface area contributed by atoms with E-state index in [1.54, 1.807) is 25.1 Å². The van der Waals surface area contributed by atoms with Gasteiger partial charge in [0.2, 0.25) is 0 Å². The maximum Gasteiger partial charge on any atom is 0.171 e. The highest BCUT2D eigenvalue weighted by Crippen LogP contribution is 2.27. The predicted molar refractivity (Wildman–Crippen MR) is 64.1 cm³/mol. The average molecular weight is 247 g/mol. The van der Waals surface area contributed by atoms with Crippen LogP contribution in [0.4, 0.5) is 0 Å². The Balaban J connectivity index is 2.21. The molecule has 1 aromatic heterocycles. The Kier molecular flexibility index (Phi) is 3.57. The SMILES string of the molecule is COc1ccc(Cn2cc(C=O)nn2)cc1OC. The lowest BCUT2D eigenvalue weighted by Crippen LogP contribution is -2.01. The minimum atomic E-state index is 0.315. The summed E-state index contributed by atoms with van der Waals surface area (Å²) in [6.45, 7) is 0.515. The first-order chi connectivity index (χ1) is 8.76. The summed E-state index contributed by atoms with van der Waals surface area (Å²) in [6, 6.07) is 5.59. The smallest absolute Gasteiger partial charge is 0.171 e. The van der Waals surface area contributed by atoms with Crippen LogP contribution in [-0.4, -0.2) is 35.5 Å². The zero-order chi connectivity index (χ0) is 13.0. The molecule has 0 radical (unpaired) electrons. The number of methoxy groups -OCH3 is 2. The summed E-state index contributed by atoms with van der Waals surface area (Å²) in [5.74, 6) is 1.33. The van der Waals surface area contributed by atoms with Crippen LogP contribution in [0.25, 0.3) is 0 Å². The van der Waals surface area contributed by atoms with Gasteiger partial charge in [0, 0.05) is 0 Å². The van der Waals surface area contributed by atoms with Crippen LogP contribution in [0.3, 0.4) is 0 Å². The number of carbonyl (C=O) groups is 1. The first-order valence-corrected chi connectivity index (χ1v) is 5.33. The van der Waals surface area contributed by atoms with Gasteiger partial charge in [-0.1, -0.05) is 11.3 Å². The van der Waals surface area contributed by atoms with E-state index >= 15 is 0 Å². The molecule has 1 aromatic carbocycles. The first-order valence-electron chi connectivity index (χ1n) is 5.33. The van der Waals surface area contributed by atoms with E-state index in [1.807, 2.05) is 18.2 Å². The molecule has 1 heterocycles. The van der Waals surface area contributed by atoms with Gasteiger partial charge in [-0.15, -0.1) is 5.10 Å². The zero-order valence-electron chi connectivity index (χ0n) is 10.2. The van der Waals surface area contributed by atoms with Gasteiger partial charge in [0.15, 0.2) is 17.8 Å².